The van der Waals surface area contributed by atoms with Gasteiger partial charge in [0.1, 0.15) is 0 Å². The standard InChI is InChI=1S/C17H33N5O2.HI/c1-3-8-21-9-5-14(13-21)12-19-16(18)20-15-6-10-22(11-7-15)17(23)24-4-2;/h14-15H,3-13H2,1-2H3,(H3,18,19,20);1H. The summed E-state index contributed by atoms with van der Waals surface area (Å²) < 4.78 is 5.03. The number of hydrogen-bond donors (Lipinski definition) is 2. The molecule has 0 aromatic heterocycles. The quantitative estimate of drug-likeness (QED) is 0.354. The largest absolute Gasteiger partial charge is 0.450 e. The van der Waals surface area contributed by atoms with Crippen LogP contribution in [-0.2, 0) is 4.74 Å². The molecule has 146 valence electrons. The molecule has 0 bridgehead atoms. The fraction of sp³-hybridized carbons (Fsp3) is 0.882. The Kier molecular flexibility index (Phi) is 10.5. The maximum absolute atomic E-state index is 11.7. The summed E-state index contributed by atoms with van der Waals surface area (Å²) in [5, 5.41) is 3.31. The number of piperidine rings is 1. The fourth-order valence-electron chi connectivity index (χ4n) is 3.48. The van der Waals surface area contributed by atoms with Crippen molar-refractivity contribution in [3.63, 3.8) is 0 Å². The van der Waals surface area contributed by atoms with Crippen LogP contribution in [-0.4, -0.2) is 73.8 Å². The van der Waals surface area contributed by atoms with Gasteiger partial charge < -0.3 is 25.6 Å². The van der Waals surface area contributed by atoms with Gasteiger partial charge in [0.2, 0.25) is 0 Å². The molecule has 0 aromatic carbocycles. The molecule has 0 saturated carbocycles. The first-order valence-corrected chi connectivity index (χ1v) is 9.32. The summed E-state index contributed by atoms with van der Waals surface area (Å²) in [6.07, 6.45) is 3.97. The van der Waals surface area contributed by atoms with Crippen LogP contribution in [0.2, 0.25) is 0 Å². The molecule has 2 saturated heterocycles. The van der Waals surface area contributed by atoms with Gasteiger partial charge in [0.05, 0.1) is 6.61 Å². The Labute approximate surface area is 168 Å². The van der Waals surface area contributed by atoms with Crippen molar-refractivity contribution in [2.75, 3.05) is 45.9 Å². The second kappa shape index (κ2) is 11.8. The zero-order valence-electron chi connectivity index (χ0n) is 15.6. The third-order valence-corrected chi connectivity index (χ3v) is 4.80. The maximum Gasteiger partial charge on any atom is 0.409 e. The Balaban J connectivity index is 0.00000312. The molecular formula is C17H34IN5O2. The van der Waals surface area contributed by atoms with Crippen molar-refractivity contribution in [1.82, 2.24) is 15.1 Å². The van der Waals surface area contributed by atoms with Crippen molar-refractivity contribution in [2.24, 2.45) is 16.6 Å². The number of aliphatic imine (C=N–C) groups is 1. The number of nitrogens with two attached hydrogens (primary N) is 1. The third kappa shape index (κ3) is 7.55. The number of carbonyl (C=O) groups excluding carboxylic acids is 1. The molecule has 0 aliphatic carbocycles. The van der Waals surface area contributed by atoms with Crippen LogP contribution >= 0.6 is 24.0 Å². The average molecular weight is 467 g/mol. The number of nitrogens with one attached hydrogen (secondary N) is 1. The minimum Gasteiger partial charge on any atom is -0.450 e. The molecule has 2 aliphatic heterocycles. The van der Waals surface area contributed by atoms with Gasteiger partial charge in [-0.2, -0.15) is 0 Å². The van der Waals surface area contributed by atoms with E-state index in [2.05, 4.69) is 22.1 Å². The number of carbonyl (C=O) groups is 1. The fourth-order valence-corrected chi connectivity index (χ4v) is 3.48. The smallest absolute Gasteiger partial charge is 0.409 e. The van der Waals surface area contributed by atoms with E-state index in [0.29, 0.717) is 37.6 Å². The number of guanidine groups is 1. The Morgan fingerprint density at radius 1 is 1.24 bits per heavy atom. The molecule has 1 amide bonds. The Bertz CT molecular complexity index is 427. The predicted octanol–water partition coefficient (Wildman–Crippen LogP) is 1.86. The number of amides is 1. The summed E-state index contributed by atoms with van der Waals surface area (Å²) in [5.74, 6) is 1.17. The summed E-state index contributed by atoms with van der Waals surface area (Å²) >= 11 is 0. The normalized spacial score (nSPS) is 22.6. The molecule has 7 nitrogen and oxygen atoms in total. The summed E-state index contributed by atoms with van der Waals surface area (Å²) in [4.78, 5) is 20.5. The van der Waals surface area contributed by atoms with Gasteiger partial charge in [0.25, 0.3) is 0 Å². The molecule has 2 rings (SSSR count). The van der Waals surface area contributed by atoms with Gasteiger partial charge in [-0.1, -0.05) is 6.92 Å². The van der Waals surface area contributed by atoms with Crippen molar-refractivity contribution in [2.45, 2.75) is 45.6 Å². The van der Waals surface area contributed by atoms with Crippen LogP contribution in [0.5, 0.6) is 0 Å². The molecule has 0 spiro atoms. The van der Waals surface area contributed by atoms with Crippen LogP contribution in [0, 0.1) is 5.92 Å². The lowest BCUT2D eigenvalue weighted by molar-refractivity contribution is 0.0963. The van der Waals surface area contributed by atoms with E-state index >= 15 is 0 Å². The van der Waals surface area contributed by atoms with Crippen LogP contribution in [0.15, 0.2) is 4.99 Å². The van der Waals surface area contributed by atoms with E-state index in [1.807, 2.05) is 6.92 Å². The van der Waals surface area contributed by atoms with Gasteiger partial charge in [-0.25, -0.2) is 4.79 Å². The highest BCUT2D eigenvalue weighted by atomic mass is 127. The van der Waals surface area contributed by atoms with E-state index in [1.54, 1.807) is 4.90 Å². The number of rotatable bonds is 6. The average Bonchev–Trinajstić information content (AvgIpc) is 3.02. The first kappa shape index (κ1) is 22.3. The van der Waals surface area contributed by atoms with Crippen LogP contribution in [0.4, 0.5) is 4.79 Å². The summed E-state index contributed by atoms with van der Waals surface area (Å²) in [6, 6.07) is 0.291. The zero-order chi connectivity index (χ0) is 17.4. The van der Waals surface area contributed by atoms with E-state index in [0.717, 1.165) is 25.9 Å². The number of halogens is 1. The predicted molar refractivity (Wildman–Crippen MR) is 111 cm³/mol. The highest BCUT2D eigenvalue weighted by Crippen LogP contribution is 2.16. The number of nitrogens with zero attached hydrogens (tertiary/aromatic N) is 3. The summed E-state index contributed by atoms with van der Waals surface area (Å²) in [6.45, 7) is 10.2. The van der Waals surface area contributed by atoms with E-state index in [-0.39, 0.29) is 30.1 Å². The van der Waals surface area contributed by atoms with Crippen molar-refractivity contribution >= 4 is 36.0 Å². The summed E-state index contributed by atoms with van der Waals surface area (Å²) in [7, 11) is 0. The monoisotopic (exact) mass is 467 g/mol. The highest BCUT2D eigenvalue weighted by molar-refractivity contribution is 14.0. The minimum atomic E-state index is -0.213. The third-order valence-electron chi connectivity index (χ3n) is 4.80. The van der Waals surface area contributed by atoms with Gasteiger partial charge in [-0.05, 0) is 51.6 Å². The van der Waals surface area contributed by atoms with Gasteiger partial charge in [0, 0.05) is 32.2 Å². The lowest BCUT2D eigenvalue weighted by Crippen LogP contribution is -2.48. The molecule has 0 aromatic rings. The summed E-state index contributed by atoms with van der Waals surface area (Å²) in [5.41, 5.74) is 6.04. The topological polar surface area (TPSA) is 83.2 Å². The number of hydrogen-bond acceptors (Lipinski definition) is 4. The zero-order valence-corrected chi connectivity index (χ0v) is 17.9. The Hall–Kier alpha value is -0.770. The van der Waals surface area contributed by atoms with E-state index < -0.39 is 0 Å². The number of likely N-dealkylation sites (tertiary alicyclic amines) is 2. The van der Waals surface area contributed by atoms with Gasteiger partial charge >= 0.3 is 6.09 Å². The lowest BCUT2D eigenvalue weighted by atomic mass is 10.1. The van der Waals surface area contributed by atoms with Crippen molar-refractivity contribution in [1.29, 1.82) is 0 Å². The van der Waals surface area contributed by atoms with Crippen LogP contribution in [0.3, 0.4) is 0 Å². The van der Waals surface area contributed by atoms with E-state index in [9.17, 15) is 4.79 Å². The van der Waals surface area contributed by atoms with E-state index in [1.165, 1.54) is 25.9 Å². The van der Waals surface area contributed by atoms with Crippen LogP contribution in [0.25, 0.3) is 0 Å². The Morgan fingerprint density at radius 3 is 2.60 bits per heavy atom. The van der Waals surface area contributed by atoms with Gasteiger partial charge in [-0.15, -0.1) is 24.0 Å². The second-order valence-electron chi connectivity index (χ2n) is 6.79. The van der Waals surface area contributed by atoms with Gasteiger partial charge in [0.15, 0.2) is 5.96 Å². The number of ether oxygens (including phenoxy) is 1. The van der Waals surface area contributed by atoms with Crippen molar-refractivity contribution < 1.29 is 9.53 Å². The molecule has 0 radical (unpaired) electrons. The molecule has 25 heavy (non-hydrogen) atoms. The molecular weight excluding hydrogens is 433 g/mol. The molecule has 2 fully saturated rings. The van der Waals surface area contributed by atoms with Crippen LogP contribution in [0.1, 0.15) is 39.5 Å². The SMILES string of the molecule is CCCN1CCC(CN=C(N)NC2CCN(C(=O)OCC)CC2)C1.I. The minimum absolute atomic E-state index is 0. The first-order chi connectivity index (χ1) is 11.6. The second-order valence-corrected chi connectivity index (χ2v) is 6.79. The van der Waals surface area contributed by atoms with Crippen LogP contribution < -0.4 is 11.1 Å². The molecule has 1 atom stereocenters. The van der Waals surface area contributed by atoms with Gasteiger partial charge in [-0.3, -0.25) is 4.99 Å². The molecule has 3 N–H and O–H groups in total. The first-order valence-electron chi connectivity index (χ1n) is 9.32. The van der Waals surface area contributed by atoms with Crippen molar-refractivity contribution in [3.05, 3.63) is 0 Å². The molecule has 1 unspecified atom stereocenters. The molecule has 8 heteroatoms. The van der Waals surface area contributed by atoms with E-state index in [4.69, 9.17) is 10.5 Å². The van der Waals surface area contributed by atoms with Crippen molar-refractivity contribution in [3.8, 4) is 0 Å². The lowest BCUT2D eigenvalue weighted by Gasteiger charge is -2.31. The molecule has 2 heterocycles. The Morgan fingerprint density at radius 2 is 1.96 bits per heavy atom. The maximum atomic E-state index is 11.7. The highest BCUT2D eigenvalue weighted by Gasteiger charge is 2.24. The molecule has 2 aliphatic rings.